The number of hydrogen-bond acceptors (Lipinski definition) is 4. The number of rotatable bonds is 9. The van der Waals surface area contributed by atoms with Crippen LogP contribution in [0, 0.1) is 5.41 Å². The fourth-order valence-corrected chi connectivity index (χ4v) is 2.66. The molecular weight excluding hydrogens is 266 g/mol. The summed E-state index contributed by atoms with van der Waals surface area (Å²) in [5.74, 6) is 0. The number of hydrogen-bond donors (Lipinski definition) is 2. The number of nitrogens with one attached hydrogen (secondary N) is 1. The van der Waals surface area contributed by atoms with Crippen LogP contribution in [-0.4, -0.2) is 68.5 Å². The van der Waals surface area contributed by atoms with Crippen molar-refractivity contribution in [3.8, 4) is 0 Å². The summed E-state index contributed by atoms with van der Waals surface area (Å²) in [5, 5.41) is 12.5. The molecule has 0 aliphatic carbocycles. The normalized spacial score (nSPS) is 19.2. The van der Waals surface area contributed by atoms with Crippen molar-refractivity contribution in [2.24, 2.45) is 5.41 Å². The van der Waals surface area contributed by atoms with Crippen molar-refractivity contribution in [2.75, 3.05) is 46.0 Å². The van der Waals surface area contributed by atoms with Crippen molar-refractivity contribution in [1.82, 2.24) is 10.2 Å². The molecule has 6 heteroatoms. The minimum atomic E-state index is -2.36. The Balaban J connectivity index is 2.64. The van der Waals surface area contributed by atoms with E-state index in [4.69, 9.17) is 9.84 Å². The van der Waals surface area contributed by atoms with Crippen LogP contribution in [0.5, 0.6) is 0 Å². The lowest BCUT2D eigenvalue weighted by atomic mass is 9.79. The van der Waals surface area contributed by atoms with Gasteiger partial charge in [-0.1, -0.05) is 13.8 Å². The molecule has 0 aromatic carbocycles. The molecule has 1 fully saturated rings. The Kier molecular flexibility index (Phi) is 7.87. The molecule has 1 aliphatic rings. The molecule has 1 rings (SSSR count). The molecule has 1 heterocycles. The first kappa shape index (κ1) is 17.8. The lowest BCUT2D eigenvalue weighted by molar-refractivity contribution is -0.0180. The number of ether oxygens (including phenoxy) is 1. The molecule has 0 saturated carbocycles. The molecule has 20 heavy (non-hydrogen) atoms. The van der Waals surface area contributed by atoms with Crippen LogP contribution in [0.15, 0.2) is 0 Å². The van der Waals surface area contributed by atoms with E-state index in [0.29, 0.717) is 32.3 Å². The smallest absolute Gasteiger partial charge is 0.251 e. The Bertz CT molecular complexity index is 260. The summed E-state index contributed by atoms with van der Waals surface area (Å²) in [4.78, 5) is 1.68. The highest BCUT2D eigenvalue weighted by Crippen LogP contribution is 2.31. The number of nitrogens with zero attached hydrogens (tertiary/aromatic N) is 1. The fourth-order valence-electron chi connectivity index (χ4n) is 2.66. The van der Waals surface area contributed by atoms with Gasteiger partial charge in [0.25, 0.3) is 6.43 Å². The molecule has 120 valence electrons. The van der Waals surface area contributed by atoms with E-state index in [1.165, 1.54) is 0 Å². The summed E-state index contributed by atoms with van der Waals surface area (Å²) in [7, 11) is 0. The van der Waals surface area contributed by atoms with Gasteiger partial charge in [-0.2, -0.15) is 0 Å². The highest BCUT2D eigenvalue weighted by Gasteiger charge is 2.34. The van der Waals surface area contributed by atoms with Crippen LogP contribution < -0.4 is 5.32 Å². The molecule has 0 unspecified atom stereocenters. The molecule has 1 aliphatic heterocycles. The van der Waals surface area contributed by atoms with E-state index in [1.54, 1.807) is 4.90 Å². The maximum absolute atomic E-state index is 12.6. The molecule has 2 N–H and O–H groups in total. The minimum absolute atomic E-state index is 0.0351. The first-order valence-electron chi connectivity index (χ1n) is 7.40. The molecule has 0 aromatic rings. The first-order valence-corrected chi connectivity index (χ1v) is 7.40. The summed E-state index contributed by atoms with van der Waals surface area (Å²) in [6, 6.07) is 0.371. The third kappa shape index (κ3) is 6.43. The van der Waals surface area contributed by atoms with Crippen LogP contribution in [0.25, 0.3) is 0 Å². The maximum Gasteiger partial charge on any atom is 0.251 e. The minimum Gasteiger partial charge on any atom is -0.395 e. The van der Waals surface area contributed by atoms with Gasteiger partial charge >= 0.3 is 0 Å². The van der Waals surface area contributed by atoms with Crippen molar-refractivity contribution in [3.63, 3.8) is 0 Å². The molecule has 0 atom stereocenters. The van der Waals surface area contributed by atoms with Gasteiger partial charge in [0.15, 0.2) is 0 Å². The van der Waals surface area contributed by atoms with Crippen molar-refractivity contribution < 1.29 is 18.6 Å². The molecule has 0 radical (unpaired) electrons. The molecular formula is C14H28F2N2O2. The van der Waals surface area contributed by atoms with Gasteiger partial charge in [-0.05, 0) is 18.3 Å². The zero-order valence-corrected chi connectivity index (χ0v) is 12.6. The van der Waals surface area contributed by atoms with Gasteiger partial charge in [-0.25, -0.2) is 8.78 Å². The lowest BCUT2D eigenvalue weighted by Gasteiger charge is -2.41. The van der Waals surface area contributed by atoms with Gasteiger partial charge in [0, 0.05) is 38.9 Å². The second kappa shape index (κ2) is 8.87. The van der Waals surface area contributed by atoms with Crippen LogP contribution >= 0.6 is 0 Å². The number of aliphatic hydroxyl groups excluding tert-OH is 1. The number of aliphatic hydroxyl groups is 1. The predicted molar refractivity (Wildman–Crippen MR) is 75.2 cm³/mol. The van der Waals surface area contributed by atoms with Crippen molar-refractivity contribution >= 4 is 0 Å². The molecule has 0 bridgehead atoms. The van der Waals surface area contributed by atoms with Gasteiger partial charge in [0.1, 0.15) is 0 Å². The average Bonchev–Trinajstić information content (AvgIpc) is 2.37. The van der Waals surface area contributed by atoms with Crippen LogP contribution in [0.2, 0.25) is 0 Å². The van der Waals surface area contributed by atoms with Gasteiger partial charge in [0.2, 0.25) is 0 Å². The van der Waals surface area contributed by atoms with Crippen molar-refractivity contribution in [2.45, 2.75) is 39.2 Å². The topological polar surface area (TPSA) is 44.7 Å². The van der Waals surface area contributed by atoms with Crippen LogP contribution in [0.3, 0.4) is 0 Å². The molecule has 0 amide bonds. The first-order chi connectivity index (χ1) is 9.47. The van der Waals surface area contributed by atoms with Gasteiger partial charge in [0.05, 0.1) is 13.2 Å². The maximum atomic E-state index is 12.6. The van der Waals surface area contributed by atoms with Crippen molar-refractivity contribution in [1.29, 1.82) is 0 Å². The fraction of sp³-hybridized carbons (Fsp3) is 1.00. The van der Waals surface area contributed by atoms with Gasteiger partial charge in [-0.15, -0.1) is 0 Å². The largest absolute Gasteiger partial charge is 0.395 e. The van der Waals surface area contributed by atoms with E-state index in [2.05, 4.69) is 19.2 Å². The standard InChI is InChI=1S/C14H28F2N2O2/c1-12(2)17-10-14(3-7-20-8-4-14)11-18(5-6-19)9-13(15)16/h12-13,17,19H,3-11H2,1-2H3. The molecule has 1 saturated heterocycles. The van der Waals surface area contributed by atoms with E-state index in [0.717, 1.165) is 19.4 Å². The Morgan fingerprint density at radius 2 is 1.95 bits per heavy atom. The van der Waals surface area contributed by atoms with E-state index in [9.17, 15) is 8.78 Å². The Labute approximate surface area is 120 Å². The van der Waals surface area contributed by atoms with Crippen LogP contribution in [-0.2, 0) is 4.74 Å². The molecule has 4 nitrogen and oxygen atoms in total. The van der Waals surface area contributed by atoms with Crippen LogP contribution in [0.4, 0.5) is 8.78 Å². The van der Waals surface area contributed by atoms with Crippen LogP contribution in [0.1, 0.15) is 26.7 Å². The Hall–Kier alpha value is -0.300. The zero-order valence-electron chi connectivity index (χ0n) is 12.6. The average molecular weight is 294 g/mol. The quantitative estimate of drug-likeness (QED) is 0.673. The van der Waals surface area contributed by atoms with Gasteiger partial charge in [-0.3, -0.25) is 4.90 Å². The van der Waals surface area contributed by atoms with E-state index >= 15 is 0 Å². The monoisotopic (exact) mass is 294 g/mol. The summed E-state index contributed by atoms with van der Waals surface area (Å²) in [6.45, 7) is 6.86. The van der Waals surface area contributed by atoms with Crippen molar-refractivity contribution in [3.05, 3.63) is 0 Å². The Morgan fingerprint density at radius 1 is 1.30 bits per heavy atom. The SMILES string of the molecule is CC(C)NCC1(CN(CCO)CC(F)F)CCOCC1. The summed E-state index contributed by atoms with van der Waals surface area (Å²) in [6.07, 6.45) is -0.619. The van der Waals surface area contributed by atoms with E-state index in [1.807, 2.05) is 0 Å². The second-order valence-corrected chi connectivity index (χ2v) is 6.00. The lowest BCUT2D eigenvalue weighted by Crippen LogP contribution is -2.50. The molecule has 0 aromatic heterocycles. The highest BCUT2D eigenvalue weighted by atomic mass is 19.3. The third-order valence-corrected chi connectivity index (χ3v) is 3.81. The number of halogens is 2. The highest BCUT2D eigenvalue weighted by molar-refractivity contribution is 4.88. The third-order valence-electron chi connectivity index (χ3n) is 3.81. The predicted octanol–water partition coefficient (Wildman–Crippen LogP) is 1.34. The number of alkyl halides is 2. The van der Waals surface area contributed by atoms with E-state index in [-0.39, 0.29) is 18.6 Å². The summed E-state index contributed by atoms with van der Waals surface area (Å²) >= 11 is 0. The second-order valence-electron chi connectivity index (χ2n) is 6.00. The molecule has 0 spiro atoms. The van der Waals surface area contributed by atoms with Gasteiger partial charge < -0.3 is 15.2 Å². The Morgan fingerprint density at radius 3 is 2.45 bits per heavy atom. The summed E-state index contributed by atoms with van der Waals surface area (Å²) in [5.41, 5.74) is -0.0351. The summed E-state index contributed by atoms with van der Waals surface area (Å²) < 4.78 is 30.7. The van der Waals surface area contributed by atoms with E-state index < -0.39 is 6.43 Å². The zero-order chi connectivity index (χ0) is 15.0.